The molecule has 0 radical (unpaired) electrons. The summed E-state index contributed by atoms with van der Waals surface area (Å²) in [5.74, 6) is 0. The van der Waals surface area contributed by atoms with Crippen LogP contribution in [-0.4, -0.2) is 13.1 Å². The molecule has 0 aromatic carbocycles. The Morgan fingerprint density at radius 3 is 2.82 bits per heavy atom. The van der Waals surface area contributed by atoms with Gasteiger partial charge in [-0.05, 0) is 39.0 Å². The monoisotopic (exact) mass is 229 g/mol. The van der Waals surface area contributed by atoms with E-state index < -0.39 is 0 Å². The highest BCUT2D eigenvalue weighted by atomic mass is 79.9. The fourth-order valence-electron chi connectivity index (χ4n) is 0.965. The van der Waals surface area contributed by atoms with Crippen LogP contribution in [-0.2, 0) is 0 Å². The largest absolute Gasteiger partial charge is 0.309 e. The van der Waals surface area contributed by atoms with Crippen LogP contribution in [0.3, 0.4) is 0 Å². The fourth-order valence-corrected chi connectivity index (χ4v) is 2.43. The minimum absolute atomic E-state index is 1.06. The third-order valence-corrected chi connectivity index (χ3v) is 3.50. The van der Waals surface area contributed by atoms with E-state index in [9.17, 15) is 0 Å². The van der Waals surface area contributed by atoms with Crippen molar-refractivity contribution in [1.29, 1.82) is 0 Å². The van der Waals surface area contributed by atoms with Gasteiger partial charge in [0.2, 0.25) is 0 Å². The molecule has 1 nitrogen and oxygen atoms in total. The van der Waals surface area contributed by atoms with Crippen LogP contribution >= 0.6 is 27.3 Å². The van der Waals surface area contributed by atoms with Gasteiger partial charge in [-0.3, -0.25) is 0 Å². The smallest absolute Gasteiger partial charge is 0.0412 e. The van der Waals surface area contributed by atoms with Crippen molar-refractivity contribution in [1.82, 2.24) is 5.32 Å². The van der Waals surface area contributed by atoms with Gasteiger partial charge in [0.15, 0.2) is 0 Å². The molecule has 1 fully saturated rings. The number of nitrogens with one attached hydrogen (secondary N) is 1. The first kappa shape index (κ1) is 7.53. The molecule has 1 aromatic heterocycles. The van der Waals surface area contributed by atoms with E-state index in [2.05, 4.69) is 38.8 Å². The van der Waals surface area contributed by atoms with Crippen molar-refractivity contribution in [3.05, 3.63) is 26.4 Å². The number of hydrogen-bond acceptors (Lipinski definition) is 2. The third-order valence-electron chi connectivity index (χ3n) is 1.68. The van der Waals surface area contributed by atoms with Gasteiger partial charge < -0.3 is 5.32 Å². The van der Waals surface area contributed by atoms with Crippen LogP contribution in [0.15, 0.2) is 21.5 Å². The van der Waals surface area contributed by atoms with Gasteiger partial charge in [-0.2, -0.15) is 0 Å². The summed E-state index contributed by atoms with van der Waals surface area (Å²) in [6.07, 6.45) is 2.26. The highest BCUT2D eigenvalue weighted by Crippen LogP contribution is 2.25. The van der Waals surface area contributed by atoms with E-state index in [1.807, 2.05) is 0 Å². The van der Waals surface area contributed by atoms with Gasteiger partial charge in [0.25, 0.3) is 0 Å². The molecule has 1 saturated heterocycles. The molecule has 58 valence electrons. The van der Waals surface area contributed by atoms with Gasteiger partial charge >= 0.3 is 0 Å². The number of hydrogen-bond donors (Lipinski definition) is 1. The molecule has 1 N–H and O–H groups in total. The summed E-state index contributed by atoms with van der Waals surface area (Å²) in [7, 11) is 0. The van der Waals surface area contributed by atoms with Crippen LogP contribution in [0.4, 0.5) is 0 Å². The van der Waals surface area contributed by atoms with E-state index >= 15 is 0 Å². The first-order valence-corrected chi connectivity index (χ1v) is 5.17. The van der Waals surface area contributed by atoms with E-state index in [-0.39, 0.29) is 0 Å². The highest BCUT2D eigenvalue weighted by molar-refractivity contribution is 9.10. The first-order valence-electron chi connectivity index (χ1n) is 3.49. The number of thiophene rings is 1. The van der Waals surface area contributed by atoms with Crippen molar-refractivity contribution in [2.75, 3.05) is 13.1 Å². The lowest BCUT2D eigenvalue weighted by atomic mass is 10.1. The molecule has 0 amide bonds. The van der Waals surface area contributed by atoms with Crippen LogP contribution in [0.5, 0.6) is 0 Å². The molecular formula is C8H8BrNS. The first-order chi connectivity index (χ1) is 5.36. The van der Waals surface area contributed by atoms with Crippen LogP contribution in [0.2, 0.25) is 0 Å². The quantitative estimate of drug-likeness (QED) is 0.781. The van der Waals surface area contributed by atoms with Crippen molar-refractivity contribution < 1.29 is 0 Å². The second-order valence-electron chi connectivity index (χ2n) is 2.54. The Bertz CT molecular complexity index is 284. The van der Waals surface area contributed by atoms with Crippen molar-refractivity contribution >= 4 is 33.3 Å². The molecule has 0 bridgehead atoms. The average molecular weight is 230 g/mol. The van der Waals surface area contributed by atoms with Gasteiger partial charge in [0, 0.05) is 22.4 Å². The Morgan fingerprint density at radius 1 is 1.55 bits per heavy atom. The van der Waals surface area contributed by atoms with Crippen LogP contribution in [0.1, 0.15) is 4.88 Å². The molecule has 0 spiro atoms. The Balaban J connectivity index is 2.23. The third kappa shape index (κ3) is 1.55. The van der Waals surface area contributed by atoms with Crippen molar-refractivity contribution in [3.63, 3.8) is 0 Å². The Kier molecular flexibility index (Phi) is 2.11. The van der Waals surface area contributed by atoms with Crippen LogP contribution < -0.4 is 5.32 Å². The summed E-state index contributed by atoms with van der Waals surface area (Å²) in [6, 6.07) is 2.09. The lowest BCUT2D eigenvalue weighted by molar-refractivity contribution is 0.675. The summed E-state index contributed by atoms with van der Waals surface area (Å²) in [4.78, 5) is 1.33. The average Bonchev–Trinajstić information content (AvgIpc) is 2.27. The molecule has 0 atom stereocenters. The minimum atomic E-state index is 1.06. The van der Waals surface area contributed by atoms with E-state index in [4.69, 9.17) is 0 Å². The highest BCUT2D eigenvalue weighted by Gasteiger charge is 2.07. The molecule has 2 rings (SSSR count). The second kappa shape index (κ2) is 3.09. The topological polar surface area (TPSA) is 12.0 Å². The molecule has 1 aliphatic heterocycles. The fraction of sp³-hybridized carbons (Fsp3) is 0.250. The normalized spacial score (nSPS) is 16.3. The Labute approximate surface area is 78.3 Å². The second-order valence-corrected chi connectivity index (χ2v) is 4.34. The maximum absolute atomic E-state index is 3.49. The molecule has 0 unspecified atom stereocenters. The summed E-state index contributed by atoms with van der Waals surface area (Å²) in [6.45, 7) is 2.12. The Hall–Kier alpha value is -0.120. The van der Waals surface area contributed by atoms with Crippen LogP contribution in [0, 0.1) is 0 Å². The molecular weight excluding hydrogens is 222 g/mol. The van der Waals surface area contributed by atoms with Gasteiger partial charge in [0.05, 0.1) is 0 Å². The minimum Gasteiger partial charge on any atom is -0.309 e. The van der Waals surface area contributed by atoms with E-state index in [1.54, 1.807) is 11.3 Å². The zero-order valence-corrected chi connectivity index (χ0v) is 8.33. The summed E-state index contributed by atoms with van der Waals surface area (Å²) in [5, 5.41) is 5.31. The maximum Gasteiger partial charge on any atom is 0.0412 e. The number of halogens is 1. The summed E-state index contributed by atoms with van der Waals surface area (Å²) < 4.78 is 1.21. The lowest BCUT2D eigenvalue weighted by Gasteiger charge is -2.17. The maximum atomic E-state index is 3.49. The molecule has 1 aliphatic rings. The lowest BCUT2D eigenvalue weighted by Crippen LogP contribution is -2.33. The molecule has 11 heavy (non-hydrogen) atoms. The predicted molar refractivity (Wildman–Crippen MR) is 52.9 cm³/mol. The number of rotatable bonds is 1. The van der Waals surface area contributed by atoms with Crippen molar-refractivity contribution in [2.45, 2.75) is 0 Å². The molecule has 2 heterocycles. The SMILES string of the molecule is Brc1ccsc1C=C1CNC1. The zero-order chi connectivity index (χ0) is 7.68. The zero-order valence-electron chi connectivity index (χ0n) is 5.93. The van der Waals surface area contributed by atoms with E-state index in [0.717, 1.165) is 13.1 Å². The predicted octanol–water partition coefficient (Wildman–Crippen LogP) is 2.50. The van der Waals surface area contributed by atoms with Crippen molar-refractivity contribution in [3.8, 4) is 0 Å². The van der Waals surface area contributed by atoms with Crippen molar-refractivity contribution in [2.24, 2.45) is 0 Å². The summed E-state index contributed by atoms with van der Waals surface area (Å²) >= 11 is 5.27. The van der Waals surface area contributed by atoms with Gasteiger partial charge in [-0.1, -0.05) is 0 Å². The Morgan fingerprint density at radius 2 is 2.36 bits per heavy atom. The van der Waals surface area contributed by atoms with E-state index in [0.29, 0.717) is 0 Å². The molecule has 1 aromatic rings. The van der Waals surface area contributed by atoms with Gasteiger partial charge in [0.1, 0.15) is 0 Å². The standard InChI is InChI=1S/C8H8BrNS/c9-7-1-2-11-8(7)3-6-4-10-5-6/h1-3,10H,4-5H2. The summed E-state index contributed by atoms with van der Waals surface area (Å²) in [5.41, 5.74) is 1.49. The van der Waals surface area contributed by atoms with Gasteiger partial charge in [-0.25, -0.2) is 0 Å². The molecule has 0 saturated carbocycles. The molecule has 0 aliphatic carbocycles. The van der Waals surface area contributed by atoms with E-state index in [1.165, 1.54) is 14.9 Å². The van der Waals surface area contributed by atoms with Gasteiger partial charge in [-0.15, -0.1) is 11.3 Å². The van der Waals surface area contributed by atoms with Crippen LogP contribution in [0.25, 0.3) is 6.08 Å². The molecule has 3 heteroatoms.